The fourth-order valence-electron chi connectivity index (χ4n) is 1.43. The van der Waals surface area contributed by atoms with Gasteiger partial charge >= 0.3 is 5.97 Å². The van der Waals surface area contributed by atoms with E-state index < -0.39 is 0 Å². The molecule has 0 bridgehead atoms. The van der Waals surface area contributed by atoms with Crippen LogP contribution < -0.4 is 0 Å². The summed E-state index contributed by atoms with van der Waals surface area (Å²) in [5.74, 6) is 2.39. The second kappa shape index (κ2) is 3.18. The normalized spacial score (nSPS) is 24.4. The second-order valence-corrected chi connectivity index (χ2v) is 3.73. The number of terminal acetylenes is 1. The number of carbonyl (C=O) groups is 1. The fraction of sp³-hybridized carbons (Fsp3) is 0.700. The zero-order valence-corrected chi connectivity index (χ0v) is 7.59. The van der Waals surface area contributed by atoms with Crippen LogP contribution in [0.3, 0.4) is 0 Å². The molecule has 1 fully saturated rings. The zero-order chi connectivity index (χ0) is 9.19. The molecular weight excluding hydrogens is 152 g/mol. The highest BCUT2D eigenvalue weighted by atomic mass is 16.5. The van der Waals surface area contributed by atoms with Crippen molar-refractivity contribution in [3.63, 3.8) is 0 Å². The molecule has 0 aromatic rings. The van der Waals surface area contributed by atoms with Crippen LogP contribution in [0.15, 0.2) is 0 Å². The number of carbonyl (C=O) groups excluding carboxylic acids is 1. The van der Waals surface area contributed by atoms with E-state index in [1.165, 1.54) is 0 Å². The van der Waals surface area contributed by atoms with Gasteiger partial charge in [0.05, 0.1) is 12.5 Å². The summed E-state index contributed by atoms with van der Waals surface area (Å²) in [7, 11) is 0. The molecule has 0 aromatic carbocycles. The molecule has 0 spiro atoms. The smallest absolute Gasteiger partial charge is 0.310 e. The Hall–Kier alpha value is -0.970. The minimum absolute atomic E-state index is 0.115. The first-order valence-electron chi connectivity index (χ1n) is 4.22. The van der Waals surface area contributed by atoms with Crippen molar-refractivity contribution in [1.29, 1.82) is 0 Å². The molecule has 2 nitrogen and oxygen atoms in total. The van der Waals surface area contributed by atoms with Gasteiger partial charge in [0.15, 0.2) is 0 Å². The molecule has 1 aliphatic heterocycles. The Morgan fingerprint density at radius 3 is 2.83 bits per heavy atom. The summed E-state index contributed by atoms with van der Waals surface area (Å²) in [4.78, 5) is 11.3. The third-order valence-electron chi connectivity index (χ3n) is 2.41. The molecule has 12 heavy (non-hydrogen) atoms. The van der Waals surface area contributed by atoms with Gasteiger partial charge in [-0.25, -0.2) is 0 Å². The largest absolute Gasteiger partial charge is 0.465 e. The standard InChI is InChI=1S/C10H14O2/c1-4-10(2,3)8-6-5-7-12-9(8)11/h1,8H,5-7H2,2-3H3. The number of hydrogen-bond donors (Lipinski definition) is 0. The van der Waals surface area contributed by atoms with E-state index in [9.17, 15) is 4.79 Å². The summed E-state index contributed by atoms with van der Waals surface area (Å²) in [6, 6.07) is 0. The maximum atomic E-state index is 11.3. The van der Waals surface area contributed by atoms with Gasteiger partial charge in [0.2, 0.25) is 0 Å². The summed E-state index contributed by atoms with van der Waals surface area (Å²) < 4.78 is 4.94. The maximum absolute atomic E-state index is 11.3. The van der Waals surface area contributed by atoms with Crippen molar-refractivity contribution in [2.75, 3.05) is 6.61 Å². The van der Waals surface area contributed by atoms with Crippen LogP contribution in [-0.2, 0) is 9.53 Å². The first kappa shape index (κ1) is 9.12. The van der Waals surface area contributed by atoms with Gasteiger partial charge in [0.1, 0.15) is 0 Å². The van der Waals surface area contributed by atoms with Crippen molar-refractivity contribution < 1.29 is 9.53 Å². The van der Waals surface area contributed by atoms with Crippen LogP contribution in [0.25, 0.3) is 0 Å². The van der Waals surface area contributed by atoms with Crippen LogP contribution in [0.5, 0.6) is 0 Å². The van der Waals surface area contributed by atoms with Crippen LogP contribution in [0.1, 0.15) is 26.7 Å². The molecule has 0 radical (unpaired) electrons. The van der Waals surface area contributed by atoms with Crippen molar-refractivity contribution in [3.8, 4) is 12.3 Å². The summed E-state index contributed by atoms with van der Waals surface area (Å²) >= 11 is 0. The quantitative estimate of drug-likeness (QED) is 0.437. The van der Waals surface area contributed by atoms with Crippen LogP contribution in [-0.4, -0.2) is 12.6 Å². The van der Waals surface area contributed by atoms with E-state index in [2.05, 4.69) is 5.92 Å². The zero-order valence-electron chi connectivity index (χ0n) is 7.59. The number of cyclic esters (lactones) is 1. The Morgan fingerprint density at radius 2 is 2.33 bits per heavy atom. The Balaban J connectivity index is 2.73. The van der Waals surface area contributed by atoms with Gasteiger partial charge in [-0.15, -0.1) is 6.42 Å². The predicted octanol–water partition coefficient (Wildman–Crippen LogP) is 1.60. The van der Waals surface area contributed by atoms with E-state index in [1.807, 2.05) is 13.8 Å². The van der Waals surface area contributed by atoms with Gasteiger partial charge in [-0.3, -0.25) is 4.79 Å². The van der Waals surface area contributed by atoms with Gasteiger partial charge < -0.3 is 4.74 Å². The molecule has 2 heteroatoms. The van der Waals surface area contributed by atoms with Crippen molar-refractivity contribution >= 4 is 5.97 Å². The topological polar surface area (TPSA) is 26.3 Å². The second-order valence-electron chi connectivity index (χ2n) is 3.73. The summed E-state index contributed by atoms with van der Waals surface area (Å²) in [5, 5.41) is 0. The SMILES string of the molecule is C#CC(C)(C)C1CCCOC1=O. The van der Waals surface area contributed by atoms with Crippen LogP contribution in [0, 0.1) is 23.7 Å². The molecular formula is C10H14O2. The highest BCUT2D eigenvalue weighted by Crippen LogP contribution is 2.32. The van der Waals surface area contributed by atoms with E-state index in [1.54, 1.807) is 0 Å². The molecule has 0 aliphatic carbocycles. The van der Waals surface area contributed by atoms with Crippen LogP contribution >= 0.6 is 0 Å². The van der Waals surface area contributed by atoms with Gasteiger partial charge in [-0.05, 0) is 26.7 Å². The molecule has 1 atom stereocenters. The van der Waals surface area contributed by atoms with Crippen LogP contribution in [0.4, 0.5) is 0 Å². The van der Waals surface area contributed by atoms with Gasteiger partial charge in [0.25, 0.3) is 0 Å². The van der Waals surface area contributed by atoms with Crippen molar-refractivity contribution in [2.24, 2.45) is 11.3 Å². The molecule has 1 rings (SSSR count). The third kappa shape index (κ3) is 1.61. The Bertz CT molecular complexity index is 222. The van der Waals surface area contributed by atoms with Gasteiger partial charge in [-0.2, -0.15) is 0 Å². The molecule has 1 saturated heterocycles. The highest BCUT2D eigenvalue weighted by molar-refractivity contribution is 5.74. The van der Waals surface area contributed by atoms with Gasteiger partial charge in [-0.1, -0.05) is 5.92 Å². The lowest BCUT2D eigenvalue weighted by atomic mass is 9.76. The lowest BCUT2D eigenvalue weighted by Crippen LogP contribution is -2.34. The summed E-state index contributed by atoms with van der Waals surface area (Å²) in [6.45, 7) is 4.37. The molecule has 0 N–H and O–H groups in total. The molecule has 1 unspecified atom stereocenters. The number of ether oxygens (including phenoxy) is 1. The molecule has 1 aliphatic rings. The molecule has 1 heterocycles. The van der Waals surface area contributed by atoms with Gasteiger partial charge in [0, 0.05) is 5.41 Å². The van der Waals surface area contributed by atoms with E-state index in [4.69, 9.17) is 11.2 Å². The monoisotopic (exact) mass is 166 g/mol. The third-order valence-corrected chi connectivity index (χ3v) is 2.41. The number of rotatable bonds is 1. The van der Waals surface area contributed by atoms with Crippen molar-refractivity contribution in [3.05, 3.63) is 0 Å². The first-order chi connectivity index (χ1) is 5.58. The van der Waals surface area contributed by atoms with E-state index >= 15 is 0 Å². The Labute approximate surface area is 73.3 Å². The molecule has 0 saturated carbocycles. The average molecular weight is 166 g/mol. The highest BCUT2D eigenvalue weighted by Gasteiger charge is 2.36. The van der Waals surface area contributed by atoms with E-state index in [0.717, 1.165) is 12.8 Å². The predicted molar refractivity (Wildman–Crippen MR) is 46.3 cm³/mol. The lowest BCUT2D eigenvalue weighted by molar-refractivity contribution is -0.156. The minimum atomic E-state index is -0.364. The minimum Gasteiger partial charge on any atom is -0.465 e. The number of esters is 1. The lowest BCUT2D eigenvalue weighted by Gasteiger charge is -2.30. The molecule has 0 aromatic heterocycles. The van der Waals surface area contributed by atoms with Crippen molar-refractivity contribution in [2.45, 2.75) is 26.7 Å². The summed E-state index contributed by atoms with van der Waals surface area (Å²) in [6.07, 6.45) is 7.13. The Morgan fingerprint density at radius 1 is 1.67 bits per heavy atom. The Kier molecular flexibility index (Phi) is 2.42. The maximum Gasteiger partial charge on any atom is 0.310 e. The summed E-state index contributed by atoms with van der Waals surface area (Å²) in [5.41, 5.74) is -0.364. The number of hydrogen-bond acceptors (Lipinski definition) is 2. The average Bonchev–Trinajstić information content (AvgIpc) is 2.05. The first-order valence-corrected chi connectivity index (χ1v) is 4.22. The van der Waals surface area contributed by atoms with Crippen LogP contribution in [0.2, 0.25) is 0 Å². The molecule has 66 valence electrons. The molecule has 0 amide bonds. The van der Waals surface area contributed by atoms with Crippen molar-refractivity contribution in [1.82, 2.24) is 0 Å². The van der Waals surface area contributed by atoms with E-state index in [0.29, 0.717) is 6.61 Å². The fourth-order valence-corrected chi connectivity index (χ4v) is 1.43. The van der Waals surface area contributed by atoms with E-state index in [-0.39, 0.29) is 17.3 Å².